The highest BCUT2D eigenvalue weighted by Gasteiger charge is 2.38. The van der Waals surface area contributed by atoms with Crippen molar-refractivity contribution in [3.63, 3.8) is 0 Å². The van der Waals surface area contributed by atoms with Gasteiger partial charge >= 0.3 is 0 Å². The molecule has 1 unspecified atom stereocenters. The lowest BCUT2D eigenvalue weighted by Gasteiger charge is -2.39. The van der Waals surface area contributed by atoms with Gasteiger partial charge in [-0.3, -0.25) is 19.2 Å². The summed E-state index contributed by atoms with van der Waals surface area (Å²) in [7, 11) is 0. The zero-order valence-corrected chi connectivity index (χ0v) is 16.4. The lowest BCUT2D eigenvalue weighted by atomic mass is 10.1. The van der Waals surface area contributed by atoms with E-state index in [1.165, 1.54) is 28.1 Å². The summed E-state index contributed by atoms with van der Waals surface area (Å²) in [5.41, 5.74) is 6.18. The van der Waals surface area contributed by atoms with Gasteiger partial charge in [0.1, 0.15) is 11.9 Å². The third-order valence-corrected chi connectivity index (χ3v) is 5.37. The molecule has 0 saturated carbocycles. The first-order valence-corrected chi connectivity index (χ1v) is 9.63. The lowest BCUT2D eigenvalue weighted by molar-refractivity contribution is -0.132. The minimum atomic E-state index is -1.09. The van der Waals surface area contributed by atoms with Crippen LogP contribution in [0.4, 0.5) is 4.39 Å². The van der Waals surface area contributed by atoms with E-state index in [-0.39, 0.29) is 36.5 Å². The first-order chi connectivity index (χ1) is 14.9. The number of piperazine rings is 1. The third-order valence-electron chi connectivity index (χ3n) is 5.37. The van der Waals surface area contributed by atoms with Crippen LogP contribution in [0, 0.1) is 5.82 Å². The van der Waals surface area contributed by atoms with Crippen molar-refractivity contribution in [2.24, 2.45) is 5.73 Å². The Kier molecular flexibility index (Phi) is 5.24. The fourth-order valence-corrected chi connectivity index (χ4v) is 3.78. The Labute approximate surface area is 176 Å². The largest absolute Gasteiger partial charge is 0.368 e. The summed E-state index contributed by atoms with van der Waals surface area (Å²) >= 11 is 0. The number of carbonyl (C=O) groups is 4. The molecule has 1 aliphatic rings. The molecule has 31 heavy (non-hydrogen) atoms. The number of Topliss-reactive ketones (excluding diaryl/α,β-unsaturated/α-hetero) is 1. The number of hydrogen-bond donors (Lipinski definition) is 2. The maximum Gasteiger partial charge on any atom is 0.295 e. The molecular weight excluding hydrogens is 403 g/mol. The molecule has 0 radical (unpaired) electrons. The topological polar surface area (TPSA) is 117 Å². The molecule has 1 aliphatic heterocycles. The van der Waals surface area contributed by atoms with Gasteiger partial charge in [0.15, 0.2) is 0 Å². The van der Waals surface area contributed by atoms with Gasteiger partial charge in [-0.1, -0.05) is 24.3 Å². The molecular formula is C22H19FN4O4. The van der Waals surface area contributed by atoms with Gasteiger partial charge in [-0.2, -0.15) is 0 Å². The fourth-order valence-electron chi connectivity index (χ4n) is 3.78. The highest BCUT2D eigenvalue weighted by atomic mass is 19.1. The predicted molar refractivity (Wildman–Crippen MR) is 110 cm³/mol. The first-order valence-electron chi connectivity index (χ1n) is 9.63. The smallest absolute Gasteiger partial charge is 0.295 e. The molecule has 9 heteroatoms. The average Bonchev–Trinajstić information content (AvgIpc) is 3.23. The number of benzene rings is 2. The van der Waals surface area contributed by atoms with Crippen molar-refractivity contribution in [2.75, 3.05) is 19.6 Å². The molecule has 0 spiro atoms. The van der Waals surface area contributed by atoms with Crippen LogP contribution in [0.1, 0.15) is 20.7 Å². The van der Waals surface area contributed by atoms with Crippen LogP contribution in [0.3, 0.4) is 0 Å². The van der Waals surface area contributed by atoms with Crippen LogP contribution in [0.15, 0.2) is 54.7 Å². The maximum absolute atomic E-state index is 14.2. The SMILES string of the molecule is NC(=O)C1CN(C(=O)C(=O)c2c[nH]c3cccc(F)c23)CCN1C(=O)c1ccccc1. The summed E-state index contributed by atoms with van der Waals surface area (Å²) in [4.78, 5) is 55.7. The molecule has 1 aromatic heterocycles. The molecule has 2 aromatic carbocycles. The van der Waals surface area contributed by atoms with Crippen molar-refractivity contribution in [1.29, 1.82) is 0 Å². The summed E-state index contributed by atoms with van der Waals surface area (Å²) in [5, 5.41) is 0.0326. The van der Waals surface area contributed by atoms with Gasteiger partial charge in [0, 0.05) is 35.8 Å². The van der Waals surface area contributed by atoms with E-state index >= 15 is 0 Å². The number of H-pyrrole nitrogens is 1. The minimum Gasteiger partial charge on any atom is -0.368 e. The van der Waals surface area contributed by atoms with Gasteiger partial charge in [-0.25, -0.2) is 4.39 Å². The third kappa shape index (κ3) is 3.65. The highest BCUT2D eigenvalue weighted by molar-refractivity contribution is 6.45. The zero-order chi connectivity index (χ0) is 22.1. The van der Waals surface area contributed by atoms with Crippen LogP contribution < -0.4 is 5.73 Å². The number of aromatic nitrogens is 1. The average molecular weight is 422 g/mol. The number of fused-ring (bicyclic) bond motifs is 1. The van der Waals surface area contributed by atoms with Gasteiger partial charge < -0.3 is 20.5 Å². The number of carbonyl (C=O) groups excluding carboxylic acids is 4. The van der Waals surface area contributed by atoms with E-state index < -0.39 is 29.5 Å². The van der Waals surface area contributed by atoms with Crippen molar-refractivity contribution in [3.8, 4) is 0 Å². The summed E-state index contributed by atoms with van der Waals surface area (Å²) in [6.07, 6.45) is 1.29. The molecule has 158 valence electrons. The number of amides is 3. The first kappa shape index (κ1) is 20.3. The Hall–Kier alpha value is -4.01. The van der Waals surface area contributed by atoms with Crippen LogP contribution in [0.2, 0.25) is 0 Å². The molecule has 0 aliphatic carbocycles. The van der Waals surface area contributed by atoms with Gasteiger partial charge in [0.05, 0.1) is 12.1 Å². The quantitative estimate of drug-likeness (QED) is 0.487. The van der Waals surface area contributed by atoms with Gasteiger partial charge in [-0.05, 0) is 24.3 Å². The van der Waals surface area contributed by atoms with E-state index in [0.29, 0.717) is 11.1 Å². The molecule has 1 fully saturated rings. The number of primary amides is 1. The van der Waals surface area contributed by atoms with E-state index in [9.17, 15) is 23.6 Å². The number of nitrogens with zero attached hydrogens (tertiary/aromatic N) is 2. The van der Waals surface area contributed by atoms with Crippen molar-refractivity contribution >= 4 is 34.4 Å². The Morgan fingerprint density at radius 1 is 1.00 bits per heavy atom. The minimum absolute atomic E-state index is 0.0304. The molecule has 4 rings (SSSR count). The number of hydrogen-bond acceptors (Lipinski definition) is 4. The number of nitrogens with one attached hydrogen (secondary N) is 1. The van der Waals surface area contributed by atoms with Crippen LogP contribution >= 0.6 is 0 Å². The fraction of sp³-hybridized carbons (Fsp3) is 0.182. The van der Waals surface area contributed by atoms with Crippen LogP contribution in [0.5, 0.6) is 0 Å². The van der Waals surface area contributed by atoms with Crippen molar-refractivity contribution in [3.05, 3.63) is 71.7 Å². The summed E-state index contributed by atoms with van der Waals surface area (Å²) in [5.74, 6) is -3.58. The Bertz CT molecular complexity index is 1190. The van der Waals surface area contributed by atoms with Crippen LogP contribution in [-0.4, -0.2) is 64.0 Å². The summed E-state index contributed by atoms with van der Waals surface area (Å²) in [6, 6.07) is 11.6. The molecule has 1 saturated heterocycles. The summed E-state index contributed by atoms with van der Waals surface area (Å²) in [6.45, 7) is -0.149. The van der Waals surface area contributed by atoms with E-state index in [2.05, 4.69) is 4.98 Å². The van der Waals surface area contributed by atoms with Gasteiger partial charge in [0.25, 0.3) is 17.6 Å². The van der Waals surface area contributed by atoms with E-state index in [0.717, 1.165) is 0 Å². The number of halogens is 1. The standard InChI is InChI=1S/C22H19FN4O4/c23-15-7-4-8-16-18(15)14(11-25-16)19(28)22(31)26-9-10-27(17(12-26)20(24)29)21(30)13-5-2-1-3-6-13/h1-8,11,17,25H,9-10,12H2,(H2,24,29). The predicted octanol–water partition coefficient (Wildman–Crippen LogP) is 1.33. The molecule has 8 nitrogen and oxygen atoms in total. The van der Waals surface area contributed by atoms with E-state index in [1.807, 2.05) is 0 Å². The Morgan fingerprint density at radius 2 is 1.74 bits per heavy atom. The number of aromatic amines is 1. The van der Waals surface area contributed by atoms with Crippen molar-refractivity contribution in [1.82, 2.24) is 14.8 Å². The van der Waals surface area contributed by atoms with E-state index in [1.54, 1.807) is 36.4 Å². The van der Waals surface area contributed by atoms with Crippen molar-refractivity contribution in [2.45, 2.75) is 6.04 Å². The van der Waals surface area contributed by atoms with Crippen LogP contribution in [0.25, 0.3) is 10.9 Å². The monoisotopic (exact) mass is 422 g/mol. The highest BCUT2D eigenvalue weighted by Crippen LogP contribution is 2.23. The second-order valence-corrected chi connectivity index (χ2v) is 7.23. The van der Waals surface area contributed by atoms with Gasteiger partial charge in [-0.15, -0.1) is 0 Å². The molecule has 2 heterocycles. The van der Waals surface area contributed by atoms with Crippen molar-refractivity contribution < 1.29 is 23.6 Å². The molecule has 0 bridgehead atoms. The zero-order valence-electron chi connectivity index (χ0n) is 16.4. The number of rotatable bonds is 4. The second kappa shape index (κ2) is 8.02. The lowest BCUT2D eigenvalue weighted by Crippen LogP contribution is -2.61. The molecule has 3 aromatic rings. The summed E-state index contributed by atoms with van der Waals surface area (Å²) < 4.78 is 14.2. The maximum atomic E-state index is 14.2. The molecule has 1 atom stereocenters. The number of ketones is 1. The number of nitrogens with two attached hydrogens (primary N) is 1. The molecule has 3 N–H and O–H groups in total. The van der Waals surface area contributed by atoms with E-state index in [4.69, 9.17) is 5.73 Å². The second-order valence-electron chi connectivity index (χ2n) is 7.23. The Balaban J connectivity index is 1.56. The molecule has 3 amide bonds. The Morgan fingerprint density at radius 3 is 2.45 bits per heavy atom. The van der Waals surface area contributed by atoms with Crippen LogP contribution in [-0.2, 0) is 9.59 Å². The van der Waals surface area contributed by atoms with Gasteiger partial charge in [0.2, 0.25) is 5.91 Å². The normalized spacial score (nSPS) is 16.4.